The minimum absolute atomic E-state index is 0.129. The topological polar surface area (TPSA) is 72.7 Å². The normalized spacial score (nSPS) is 11.6. The van der Waals surface area contributed by atoms with Gasteiger partial charge in [-0.1, -0.05) is 53.8 Å². The molecule has 6 nitrogen and oxygen atoms in total. The van der Waals surface area contributed by atoms with E-state index in [-0.39, 0.29) is 11.8 Å². The van der Waals surface area contributed by atoms with Gasteiger partial charge in [0.25, 0.3) is 5.91 Å². The van der Waals surface area contributed by atoms with Crippen molar-refractivity contribution in [2.24, 2.45) is 4.99 Å². The summed E-state index contributed by atoms with van der Waals surface area (Å²) in [5.41, 5.74) is 4.57. The van der Waals surface area contributed by atoms with Crippen LogP contribution in [-0.2, 0) is 22.5 Å². The summed E-state index contributed by atoms with van der Waals surface area (Å²) < 4.78 is 8.47. The molecule has 34 heavy (non-hydrogen) atoms. The number of rotatable bonds is 8. The molecule has 0 spiro atoms. The molecular weight excluding hydrogens is 446 g/mol. The van der Waals surface area contributed by atoms with Gasteiger partial charge in [0, 0.05) is 31.3 Å². The highest BCUT2D eigenvalue weighted by Gasteiger charge is 2.11. The lowest BCUT2D eigenvalue weighted by molar-refractivity contribution is -0.114. The maximum absolute atomic E-state index is 13.0. The van der Waals surface area contributed by atoms with Crippen LogP contribution in [0.2, 0.25) is 0 Å². The summed E-state index contributed by atoms with van der Waals surface area (Å²) in [7, 11) is 0. The molecule has 0 unspecified atom stereocenters. The van der Waals surface area contributed by atoms with Crippen molar-refractivity contribution in [2.45, 2.75) is 26.8 Å². The van der Waals surface area contributed by atoms with Gasteiger partial charge in [-0.15, -0.1) is 0 Å². The molecule has 4 aromatic rings. The largest absolute Gasteiger partial charge is 0.380 e. The van der Waals surface area contributed by atoms with Gasteiger partial charge in [-0.3, -0.25) is 9.59 Å². The minimum Gasteiger partial charge on any atom is -0.380 e. The average molecular weight is 474 g/mol. The maximum atomic E-state index is 13.0. The number of hydrogen-bond acceptors (Lipinski definition) is 4. The van der Waals surface area contributed by atoms with E-state index in [1.54, 1.807) is 0 Å². The van der Waals surface area contributed by atoms with Crippen molar-refractivity contribution in [3.05, 3.63) is 94.3 Å². The zero-order chi connectivity index (χ0) is 23.9. The Bertz CT molecular complexity index is 1360. The van der Waals surface area contributed by atoms with Gasteiger partial charge >= 0.3 is 0 Å². The fraction of sp³-hybridized carbons (Fsp3) is 0.222. The maximum Gasteiger partial charge on any atom is 0.279 e. The Kier molecular flexibility index (Phi) is 7.67. The molecule has 1 aromatic heterocycles. The second-order valence-corrected chi connectivity index (χ2v) is 8.88. The third-order valence-electron chi connectivity index (χ3n) is 5.32. The van der Waals surface area contributed by atoms with Gasteiger partial charge in [0.1, 0.15) is 0 Å². The van der Waals surface area contributed by atoms with Crippen LogP contribution in [0.15, 0.2) is 77.8 Å². The molecule has 0 fully saturated rings. The Morgan fingerprint density at radius 1 is 1.00 bits per heavy atom. The summed E-state index contributed by atoms with van der Waals surface area (Å²) in [6.45, 7) is 5.15. The SMILES string of the molecule is CCOCCn1c(=NC(=O)c2ccc(Cc3ccccc3)cc2)sc2cc(NC(C)=O)ccc21. The quantitative estimate of drug-likeness (QED) is 0.365. The van der Waals surface area contributed by atoms with Crippen molar-refractivity contribution in [1.82, 2.24) is 4.57 Å². The fourth-order valence-electron chi connectivity index (χ4n) is 3.70. The third kappa shape index (κ3) is 5.87. The number of fused-ring (bicyclic) bond motifs is 1. The van der Waals surface area contributed by atoms with Crippen molar-refractivity contribution in [3.8, 4) is 0 Å². The summed E-state index contributed by atoms with van der Waals surface area (Å²) in [5, 5.41) is 2.80. The van der Waals surface area contributed by atoms with Crippen LogP contribution < -0.4 is 10.1 Å². The first-order chi connectivity index (χ1) is 16.5. The van der Waals surface area contributed by atoms with Crippen molar-refractivity contribution in [2.75, 3.05) is 18.5 Å². The number of nitrogens with one attached hydrogen (secondary N) is 1. The zero-order valence-corrected chi connectivity index (χ0v) is 20.1. The van der Waals surface area contributed by atoms with E-state index in [2.05, 4.69) is 22.4 Å². The molecule has 0 atom stereocenters. The number of anilines is 1. The van der Waals surface area contributed by atoms with E-state index in [9.17, 15) is 9.59 Å². The number of nitrogens with zero attached hydrogens (tertiary/aromatic N) is 2. The second kappa shape index (κ2) is 11.0. The summed E-state index contributed by atoms with van der Waals surface area (Å²) in [6.07, 6.45) is 0.816. The lowest BCUT2D eigenvalue weighted by Gasteiger charge is -2.06. The van der Waals surface area contributed by atoms with E-state index in [1.165, 1.54) is 23.8 Å². The van der Waals surface area contributed by atoms with Gasteiger partial charge in [-0.2, -0.15) is 4.99 Å². The predicted octanol–water partition coefficient (Wildman–Crippen LogP) is 5.03. The molecule has 2 amide bonds. The Morgan fingerprint density at radius 3 is 2.44 bits per heavy atom. The van der Waals surface area contributed by atoms with Gasteiger partial charge in [0.05, 0.1) is 16.8 Å². The molecule has 0 saturated carbocycles. The molecule has 1 N–H and O–H groups in total. The fourth-order valence-corrected chi connectivity index (χ4v) is 4.80. The molecule has 0 bridgehead atoms. The Hall–Kier alpha value is -3.55. The molecule has 1 heterocycles. The van der Waals surface area contributed by atoms with E-state index in [1.807, 2.05) is 72.2 Å². The van der Waals surface area contributed by atoms with E-state index in [0.29, 0.717) is 35.8 Å². The molecule has 174 valence electrons. The Balaban J connectivity index is 1.63. The van der Waals surface area contributed by atoms with Crippen LogP contribution in [0, 0.1) is 0 Å². The molecule has 0 aliphatic heterocycles. The molecule has 4 rings (SSSR count). The van der Waals surface area contributed by atoms with E-state index >= 15 is 0 Å². The highest BCUT2D eigenvalue weighted by Crippen LogP contribution is 2.22. The first-order valence-electron chi connectivity index (χ1n) is 11.2. The summed E-state index contributed by atoms with van der Waals surface area (Å²) in [4.78, 5) is 29.5. The number of benzene rings is 3. The molecule has 7 heteroatoms. The van der Waals surface area contributed by atoms with Crippen molar-refractivity contribution in [1.29, 1.82) is 0 Å². The van der Waals surface area contributed by atoms with Gasteiger partial charge in [-0.25, -0.2) is 0 Å². The number of ether oxygens (including phenoxy) is 1. The number of thiazole rings is 1. The lowest BCUT2D eigenvalue weighted by atomic mass is 10.0. The zero-order valence-electron chi connectivity index (χ0n) is 19.3. The van der Waals surface area contributed by atoms with Crippen LogP contribution in [-0.4, -0.2) is 29.6 Å². The van der Waals surface area contributed by atoms with Crippen molar-refractivity contribution < 1.29 is 14.3 Å². The Morgan fingerprint density at radius 2 is 1.74 bits per heavy atom. The summed E-state index contributed by atoms with van der Waals surface area (Å²) in [6, 6.07) is 23.5. The van der Waals surface area contributed by atoms with Crippen LogP contribution in [0.3, 0.4) is 0 Å². The molecular formula is C27H27N3O3S. The summed E-state index contributed by atoms with van der Waals surface area (Å²) >= 11 is 1.42. The van der Waals surface area contributed by atoms with Gasteiger partial charge in [0.15, 0.2) is 4.80 Å². The van der Waals surface area contributed by atoms with Gasteiger partial charge in [0.2, 0.25) is 5.91 Å². The van der Waals surface area contributed by atoms with Crippen molar-refractivity contribution in [3.63, 3.8) is 0 Å². The van der Waals surface area contributed by atoms with Gasteiger partial charge in [-0.05, 0) is 54.8 Å². The van der Waals surface area contributed by atoms with Crippen LogP contribution in [0.5, 0.6) is 0 Å². The smallest absolute Gasteiger partial charge is 0.279 e. The van der Waals surface area contributed by atoms with Crippen LogP contribution in [0.25, 0.3) is 10.2 Å². The molecule has 0 aliphatic carbocycles. The van der Waals surface area contributed by atoms with E-state index in [0.717, 1.165) is 22.2 Å². The number of amides is 2. The van der Waals surface area contributed by atoms with E-state index < -0.39 is 0 Å². The second-order valence-electron chi connectivity index (χ2n) is 7.87. The molecule has 0 saturated heterocycles. The molecule has 3 aromatic carbocycles. The van der Waals surface area contributed by atoms with Crippen LogP contribution >= 0.6 is 11.3 Å². The standard InChI is InChI=1S/C27H27N3O3S/c1-3-33-16-15-30-24-14-13-23(28-19(2)31)18-25(24)34-27(30)29-26(32)22-11-9-21(10-12-22)17-20-7-5-4-6-8-20/h4-14,18H,3,15-17H2,1-2H3,(H,28,31). The number of carbonyl (C=O) groups excluding carboxylic acids is 2. The highest BCUT2D eigenvalue weighted by atomic mass is 32.1. The number of carbonyl (C=O) groups is 2. The van der Waals surface area contributed by atoms with Crippen LogP contribution in [0.4, 0.5) is 5.69 Å². The highest BCUT2D eigenvalue weighted by molar-refractivity contribution is 7.16. The minimum atomic E-state index is -0.287. The Labute approximate surface area is 202 Å². The molecule has 0 radical (unpaired) electrons. The summed E-state index contributed by atoms with van der Waals surface area (Å²) in [5.74, 6) is -0.416. The molecule has 0 aliphatic rings. The number of hydrogen-bond donors (Lipinski definition) is 1. The lowest BCUT2D eigenvalue weighted by Crippen LogP contribution is -2.19. The van der Waals surface area contributed by atoms with E-state index in [4.69, 9.17) is 4.74 Å². The predicted molar refractivity (Wildman–Crippen MR) is 136 cm³/mol. The monoisotopic (exact) mass is 473 g/mol. The first kappa shape index (κ1) is 23.6. The van der Waals surface area contributed by atoms with Gasteiger partial charge < -0.3 is 14.6 Å². The first-order valence-corrected chi connectivity index (χ1v) is 12.1. The van der Waals surface area contributed by atoms with Crippen molar-refractivity contribution >= 4 is 39.1 Å². The third-order valence-corrected chi connectivity index (χ3v) is 6.36. The number of aromatic nitrogens is 1. The van der Waals surface area contributed by atoms with Crippen LogP contribution in [0.1, 0.15) is 35.3 Å². The average Bonchev–Trinajstić information content (AvgIpc) is 3.16.